The number of nitrogens with two attached hydrogens (primary N) is 1. The predicted molar refractivity (Wildman–Crippen MR) is 39.8 cm³/mol. The second-order valence-corrected chi connectivity index (χ2v) is 2.43. The number of rotatable bonds is 3. The van der Waals surface area contributed by atoms with Crippen LogP contribution in [0, 0.1) is 0 Å². The van der Waals surface area contributed by atoms with Gasteiger partial charge in [-0.15, -0.1) is 0 Å². The van der Waals surface area contributed by atoms with E-state index < -0.39 is 0 Å². The fraction of sp³-hybridized carbons (Fsp3) is 0.400. The first kappa shape index (κ1) is 8.09. The number of hydrogen-bond donors (Lipinski definition) is 1. The van der Waals surface area contributed by atoms with E-state index in [2.05, 4.69) is 9.36 Å². The zero-order valence-electron chi connectivity index (χ0n) is 5.90. The Kier molecular flexibility index (Phi) is 2.50. The first-order valence-electron chi connectivity index (χ1n) is 2.89. The Morgan fingerprint density at radius 2 is 2.55 bits per heavy atom. The van der Waals surface area contributed by atoms with Crippen molar-refractivity contribution in [3.8, 4) is 5.19 Å². The van der Waals surface area contributed by atoms with E-state index in [4.69, 9.17) is 10.5 Å². The van der Waals surface area contributed by atoms with Gasteiger partial charge in [0.15, 0.2) is 0 Å². The third kappa shape index (κ3) is 1.72. The molecule has 0 aliphatic carbocycles. The molecule has 0 aliphatic heterocycles. The van der Waals surface area contributed by atoms with Gasteiger partial charge in [0.25, 0.3) is 5.19 Å². The molecule has 0 aliphatic rings. The van der Waals surface area contributed by atoms with Gasteiger partial charge in [-0.05, 0) is 0 Å². The van der Waals surface area contributed by atoms with E-state index in [1.54, 1.807) is 0 Å². The molecule has 6 heteroatoms. The highest BCUT2D eigenvalue weighted by Gasteiger charge is 2.10. The van der Waals surface area contributed by atoms with Crippen molar-refractivity contribution in [1.29, 1.82) is 0 Å². The molecule has 0 aromatic carbocycles. The number of carbonyl (C=O) groups excluding carboxylic acids is 1. The molecule has 1 heterocycles. The first-order chi connectivity index (χ1) is 5.27. The van der Waals surface area contributed by atoms with Crippen LogP contribution in [0.15, 0.2) is 0 Å². The maximum Gasteiger partial charge on any atom is 0.293 e. The van der Waals surface area contributed by atoms with Crippen LogP contribution in [0.1, 0.15) is 10.6 Å². The van der Waals surface area contributed by atoms with Crippen LogP contribution in [-0.4, -0.2) is 28.8 Å². The van der Waals surface area contributed by atoms with E-state index in [0.717, 1.165) is 11.5 Å². The van der Waals surface area contributed by atoms with Crippen LogP contribution in [0.25, 0.3) is 0 Å². The number of ketones is 1. The topological polar surface area (TPSA) is 78.1 Å². The van der Waals surface area contributed by atoms with Gasteiger partial charge in [-0.1, -0.05) is 0 Å². The highest BCUT2D eigenvalue weighted by Crippen LogP contribution is 2.12. The number of Topliss-reactive ketones (excluding diaryl/α,β-unsaturated/α-hetero) is 1. The fourth-order valence-electron chi connectivity index (χ4n) is 0.497. The van der Waals surface area contributed by atoms with Crippen LogP contribution >= 0.6 is 11.5 Å². The molecule has 0 saturated heterocycles. The zero-order chi connectivity index (χ0) is 8.27. The molecule has 2 N–H and O–H groups in total. The number of nitrogens with zero attached hydrogens (tertiary/aromatic N) is 2. The Labute approximate surface area is 67.4 Å². The van der Waals surface area contributed by atoms with Gasteiger partial charge in [0.2, 0.25) is 11.6 Å². The van der Waals surface area contributed by atoms with Crippen molar-refractivity contribution in [3.05, 3.63) is 5.82 Å². The molecule has 1 aromatic rings. The number of carbonyl (C=O) groups is 1. The maximum atomic E-state index is 10.8. The monoisotopic (exact) mass is 173 g/mol. The molecule has 11 heavy (non-hydrogen) atoms. The Hall–Kier alpha value is -1.01. The summed E-state index contributed by atoms with van der Waals surface area (Å²) in [7, 11) is 1.47. The predicted octanol–water partition coefficient (Wildman–Crippen LogP) is -0.312. The van der Waals surface area contributed by atoms with Crippen LogP contribution in [0.3, 0.4) is 0 Å². The first-order valence-corrected chi connectivity index (χ1v) is 3.66. The van der Waals surface area contributed by atoms with Crippen LogP contribution < -0.4 is 10.5 Å². The largest absolute Gasteiger partial charge is 0.472 e. The molecular weight excluding hydrogens is 166 g/mol. The molecule has 0 atom stereocenters. The SMILES string of the molecule is COc1nc(C(=O)CN)ns1. The van der Waals surface area contributed by atoms with E-state index in [-0.39, 0.29) is 18.2 Å². The van der Waals surface area contributed by atoms with E-state index >= 15 is 0 Å². The van der Waals surface area contributed by atoms with Crippen LogP contribution in [0.4, 0.5) is 0 Å². The maximum absolute atomic E-state index is 10.8. The molecule has 0 bridgehead atoms. The summed E-state index contributed by atoms with van der Waals surface area (Å²) in [5.41, 5.74) is 5.09. The van der Waals surface area contributed by atoms with E-state index in [0.29, 0.717) is 5.19 Å². The second-order valence-electron chi connectivity index (χ2n) is 1.72. The third-order valence-electron chi connectivity index (χ3n) is 1.02. The van der Waals surface area contributed by atoms with Crippen LogP contribution in [-0.2, 0) is 0 Å². The molecule has 0 amide bonds. The summed E-state index contributed by atoms with van der Waals surface area (Å²) < 4.78 is 8.48. The second kappa shape index (κ2) is 3.40. The summed E-state index contributed by atoms with van der Waals surface area (Å²) in [5.74, 6) is -0.140. The molecule has 0 fully saturated rings. The van der Waals surface area contributed by atoms with Gasteiger partial charge in [0.1, 0.15) is 0 Å². The van der Waals surface area contributed by atoms with E-state index in [9.17, 15) is 4.79 Å². The summed E-state index contributed by atoms with van der Waals surface area (Å²) >= 11 is 1.03. The number of methoxy groups -OCH3 is 1. The van der Waals surface area contributed by atoms with Crippen molar-refractivity contribution in [3.63, 3.8) is 0 Å². The van der Waals surface area contributed by atoms with Gasteiger partial charge >= 0.3 is 0 Å². The Bertz CT molecular complexity index is 260. The summed E-state index contributed by atoms with van der Waals surface area (Å²) in [4.78, 5) is 14.6. The Balaban J connectivity index is 2.80. The van der Waals surface area contributed by atoms with Crippen molar-refractivity contribution in [1.82, 2.24) is 9.36 Å². The lowest BCUT2D eigenvalue weighted by Crippen LogP contribution is -2.14. The van der Waals surface area contributed by atoms with Gasteiger partial charge in [-0.3, -0.25) is 4.79 Å². The molecule has 1 rings (SSSR count). The van der Waals surface area contributed by atoms with Crippen molar-refractivity contribution in [2.24, 2.45) is 5.73 Å². The van der Waals surface area contributed by atoms with E-state index in [1.807, 2.05) is 0 Å². The molecule has 0 radical (unpaired) electrons. The summed E-state index contributed by atoms with van der Waals surface area (Å²) in [6.07, 6.45) is 0. The molecule has 1 aromatic heterocycles. The minimum absolute atomic E-state index is 0.0696. The average molecular weight is 173 g/mol. The van der Waals surface area contributed by atoms with Crippen molar-refractivity contribution in [2.75, 3.05) is 13.7 Å². The van der Waals surface area contributed by atoms with Gasteiger partial charge in [0, 0.05) is 11.5 Å². The summed E-state index contributed by atoms with van der Waals surface area (Å²) in [6.45, 7) is -0.0696. The average Bonchev–Trinajstić information content (AvgIpc) is 2.50. The standard InChI is InChI=1S/C5H7N3O2S/c1-10-5-7-4(8-11-5)3(9)2-6/h2,6H2,1H3. The van der Waals surface area contributed by atoms with Crippen molar-refractivity contribution in [2.45, 2.75) is 0 Å². The number of aromatic nitrogens is 2. The van der Waals surface area contributed by atoms with E-state index in [1.165, 1.54) is 7.11 Å². The molecule has 5 nitrogen and oxygen atoms in total. The van der Waals surface area contributed by atoms with Gasteiger partial charge in [-0.2, -0.15) is 9.36 Å². The van der Waals surface area contributed by atoms with Gasteiger partial charge in [0.05, 0.1) is 13.7 Å². The quantitative estimate of drug-likeness (QED) is 0.634. The lowest BCUT2D eigenvalue weighted by Gasteiger charge is -1.87. The third-order valence-corrected chi connectivity index (χ3v) is 1.70. The molecule has 60 valence electrons. The highest BCUT2D eigenvalue weighted by molar-refractivity contribution is 7.07. The minimum atomic E-state index is -0.274. The summed E-state index contributed by atoms with van der Waals surface area (Å²) in [5, 5.41) is 0.377. The zero-order valence-corrected chi connectivity index (χ0v) is 6.72. The fourth-order valence-corrected chi connectivity index (χ4v) is 1.01. The Morgan fingerprint density at radius 1 is 1.82 bits per heavy atom. The smallest absolute Gasteiger partial charge is 0.293 e. The molecule has 0 unspecified atom stereocenters. The number of ether oxygens (including phenoxy) is 1. The van der Waals surface area contributed by atoms with Crippen molar-refractivity contribution < 1.29 is 9.53 Å². The Morgan fingerprint density at radius 3 is 3.00 bits per heavy atom. The van der Waals surface area contributed by atoms with Crippen LogP contribution in [0.2, 0.25) is 0 Å². The van der Waals surface area contributed by atoms with Crippen LogP contribution in [0.5, 0.6) is 5.19 Å². The lowest BCUT2D eigenvalue weighted by molar-refractivity contribution is 0.0992. The van der Waals surface area contributed by atoms with Gasteiger partial charge < -0.3 is 10.5 Å². The highest BCUT2D eigenvalue weighted by atomic mass is 32.1. The number of hydrogen-bond acceptors (Lipinski definition) is 6. The molecule has 0 spiro atoms. The normalized spacial score (nSPS) is 9.64. The summed E-state index contributed by atoms with van der Waals surface area (Å²) in [6, 6.07) is 0. The van der Waals surface area contributed by atoms with Gasteiger partial charge in [-0.25, -0.2) is 0 Å². The van der Waals surface area contributed by atoms with Crippen molar-refractivity contribution >= 4 is 17.3 Å². The molecular formula is C5H7N3O2S. The lowest BCUT2D eigenvalue weighted by atomic mass is 10.4. The molecule has 0 saturated carbocycles. The minimum Gasteiger partial charge on any atom is -0.472 e.